The van der Waals surface area contributed by atoms with Crippen LogP contribution in [0.2, 0.25) is 0 Å². The van der Waals surface area contributed by atoms with Crippen molar-refractivity contribution in [3.05, 3.63) is 75.3 Å². The van der Waals surface area contributed by atoms with E-state index in [-0.39, 0.29) is 49.9 Å². The lowest BCUT2D eigenvalue weighted by atomic mass is 9.71. The summed E-state index contributed by atoms with van der Waals surface area (Å²) in [6, 6.07) is 13.1. The molecule has 3 aromatic carbocycles. The monoisotopic (exact) mass is 654 g/mol. The van der Waals surface area contributed by atoms with Gasteiger partial charge in [0.25, 0.3) is 0 Å². The fourth-order valence-electron chi connectivity index (χ4n) is 8.48. The van der Waals surface area contributed by atoms with Crippen LogP contribution in [0, 0.1) is 25.2 Å². The minimum atomic E-state index is -0.518. The summed E-state index contributed by atoms with van der Waals surface area (Å²) in [6.07, 6.45) is 2.01. The quantitative estimate of drug-likeness (QED) is 0.324. The summed E-state index contributed by atoms with van der Waals surface area (Å²) in [5, 5.41) is 25.8. The molecular formula is C37H42N4O7. The van der Waals surface area contributed by atoms with Crippen LogP contribution in [-0.2, 0) is 28.8 Å². The Morgan fingerprint density at radius 3 is 2.58 bits per heavy atom. The summed E-state index contributed by atoms with van der Waals surface area (Å²) in [6.45, 7) is 4.14. The number of aromatic hydroxyl groups is 1. The molecule has 7 rings (SSSR count). The van der Waals surface area contributed by atoms with Crippen molar-refractivity contribution in [1.82, 2.24) is 15.1 Å². The highest BCUT2D eigenvalue weighted by molar-refractivity contribution is 5.76. The maximum atomic E-state index is 13.3. The van der Waals surface area contributed by atoms with Crippen LogP contribution >= 0.6 is 0 Å². The molecule has 0 radical (unpaired) electrons. The normalized spacial score (nSPS) is 23.8. The van der Waals surface area contributed by atoms with Gasteiger partial charge in [0.05, 0.1) is 25.3 Å². The van der Waals surface area contributed by atoms with Crippen molar-refractivity contribution < 1.29 is 33.6 Å². The number of likely N-dealkylation sites (N-methyl/N-ethyl adjacent to an activating group) is 1. The number of carbonyl (C=O) groups is 1. The Bertz CT molecular complexity index is 1770. The first kappa shape index (κ1) is 32.1. The number of hydrogen-bond acceptors (Lipinski definition) is 10. The Morgan fingerprint density at radius 1 is 1.08 bits per heavy atom. The topological polar surface area (TPSA) is 126 Å². The average molecular weight is 655 g/mol. The molecule has 252 valence electrons. The van der Waals surface area contributed by atoms with Crippen molar-refractivity contribution in [2.45, 2.75) is 69.7 Å². The summed E-state index contributed by atoms with van der Waals surface area (Å²) in [5.74, 6) is 2.42. The molecule has 11 nitrogen and oxygen atoms in total. The average Bonchev–Trinajstić information content (AvgIpc) is 3.58. The first-order valence-electron chi connectivity index (χ1n) is 16.4. The molecule has 4 aliphatic heterocycles. The fraction of sp³-hybridized carbons (Fsp3) is 0.459. The number of hydrogen-bond donors (Lipinski definition) is 2. The van der Waals surface area contributed by atoms with E-state index in [2.05, 4.69) is 34.3 Å². The molecule has 0 spiro atoms. The van der Waals surface area contributed by atoms with E-state index in [1.807, 2.05) is 44.2 Å². The first-order valence-corrected chi connectivity index (χ1v) is 16.4. The molecule has 4 heterocycles. The van der Waals surface area contributed by atoms with Gasteiger partial charge in [-0.05, 0) is 56.8 Å². The van der Waals surface area contributed by atoms with Gasteiger partial charge in [0.1, 0.15) is 11.8 Å². The van der Waals surface area contributed by atoms with E-state index in [1.54, 1.807) is 14.2 Å². The molecule has 0 aromatic heterocycles. The van der Waals surface area contributed by atoms with Gasteiger partial charge in [-0.3, -0.25) is 14.6 Å². The molecule has 11 heteroatoms. The molecule has 1 fully saturated rings. The predicted molar refractivity (Wildman–Crippen MR) is 176 cm³/mol. The largest absolute Gasteiger partial charge is 0.507 e. The second-order valence-corrected chi connectivity index (χ2v) is 13.1. The number of methoxy groups -OCH3 is 2. The smallest absolute Gasteiger partial charge is 0.231 e. The van der Waals surface area contributed by atoms with Crippen LogP contribution in [0.15, 0.2) is 36.4 Å². The highest BCUT2D eigenvalue weighted by atomic mass is 16.7. The van der Waals surface area contributed by atoms with Crippen LogP contribution in [-0.4, -0.2) is 80.3 Å². The van der Waals surface area contributed by atoms with Gasteiger partial charge in [-0.25, -0.2) is 0 Å². The number of rotatable bonds is 9. The molecule has 2 bridgehead atoms. The lowest BCUT2D eigenvalue weighted by Gasteiger charge is -2.60. The third kappa shape index (κ3) is 5.10. The number of benzene rings is 3. The van der Waals surface area contributed by atoms with E-state index in [0.29, 0.717) is 54.2 Å². The van der Waals surface area contributed by atoms with Crippen molar-refractivity contribution >= 4 is 5.91 Å². The predicted octanol–water partition coefficient (Wildman–Crippen LogP) is 4.25. The van der Waals surface area contributed by atoms with Gasteiger partial charge in [-0.2, -0.15) is 5.26 Å². The summed E-state index contributed by atoms with van der Waals surface area (Å²) in [5.41, 5.74) is 6.26. The maximum Gasteiger partial charge on any atom is 0.231 e. The lowest BCUT2D eigenvalue weighted by molar-refractivity contribution is -0.122. The molecule has 48 heavy (non-hydrogen) atoms. The lowest BCUT2D eigenvalue weighted by Crippen LogP contribution is -2.68. The third-order valence-electron chi connectivity index (χ3n) is 10.6. The Hall–Kier alpha value is -4.50. The van der Waals surface area contributed by atoms with E-state index >= 15 is 0 Å². The molecule has 5 atom stereocenters. The summed E-state index contributed by atoms with van der Waals surface area (Å²) < 4.78 is 29.4. The Kier molecular flexibility index (Phi) is 8.58. The number of amides is 1. The zero-order valence-electron chi connectivity index (χ0n) is 28.0. The molecule has 1 saturated heterocycles. The number of ether oxygens (including phenoxy) is 5. The number of phenolic OH excluding ortho intramolecular Hbond substituents is 1. The third-order valence-corrected chi connectivity index (χ3v) is 10.6. The van der Waals surface area contributed by atoms with E-state index in [0.717, 1.165) is 33.4 Å². The second-order valence-electron chi connectivity index (χ2n) is 13.1. The van der Waals surface area contributed by atoms with Gasteiger partial charge in [0.15, 0.2) is 29.8 Å². The minimum absolute atomic E-state index is 0.0357. The molecule has 0 aliphatic carbocycles. The van der Waals surface area contributed by atoms with Crippen LogP contribution < -0.4 is 24.3 Å². The number of aryl methyl sites for hydroxylation is 2. The van der Waals surface area contributed by atoms with Crippen molar-refractivity contribution in [2.24, 2.45) is 0 Å². The zero-order valence-corrected chi connectivity index (χ0v) is 28.0. The Labute approximate surface area is 280 Å². The van der Waals surface area contributed by atoms with Gasteiger partial charge in [0, 0.05) is 54.4 Å². The molecule has 0 saturated carbocycles. The van der Waals surface area contributed by atoms with Crippen LogP contribution in [0.5, 0.6) is 28.7 Å². The van der Waals surface area contributed by atoms with Gasteiger partial charge in [-0.15, -0.1) is 0 Å². The molecule has 2 N–H and O–H groups in total. The Balaban J connectivity index is 1.34. The van der Waals surface area contributed by atoms with Crippen LogP contribution in [0.1, 0.15) is 57.4 Å². The van der Waals surface area contributed by atoms with Crippen LogP contribution in [0.4, 0.5) is 0 Å². The zero-order chi connectivity index (χ0) is 33.7. The number of nitrogens with zero attached hydrogens (tertiary/aromatic N) is 3. The van der Waals surface area contributed by atoms with Gasteiger partial charge in [0.2, 0.25) is 12.7 Å². The molecule has 1 amide bonds. The summed E-state index contributed by atoms with van der Waals surface area (Å²) >= 11 is 0. The van der Waals surface area contributed by atoms with E-state index in [4.69, 9.17) is 23.7 Å². The molecular weight excluding hydrogens is 612 g/mol. The second kappa shape index (κ2) is 12.8. The van der Waals surface area contributed by atoms with Crippen molar-refractivity contribution in [3.8, 4) is 34.8 Å². The molecule has 1 unspecified atom stereocenters. The summed E-state index contributed by atoms with van der Waals surface area (Å²) in [4.78, 5) is 17.9. The van der Waals surface area contributed by atoms with Gasteiger partial charge >= 0.3 is 0 Å². The highest BCUT2D eigenvalue weighted by Crippen LogP contribution is 2.58. The van der Waals surface area contributed by atoms with E-state index in [1.165, 1.54) is 0 Å². The number of nitrogens with one attached hydrogen (secondary N) is 1. The van der Waals surface area contributed by atoms with Crippen molar-refractivity contribution in [3.63, 3.8) is 0 Å². The van der Waals surface area contributed by atoms with E-state index in [9.17, 15) is 15.2 Å². The molecule has 3 aromatic rings. The summed E-state index contributed by atoms with van der Waals surface area (Å²) in [7, 11) is 5.29. The number of carbonyl (C=O) groups excluding carboxylic acids is 1. The number of nitriles is 1. The number of phenols is 1. The Morgan fingerprint density at radius 2 is 1.85 bits per heavy atom. The van der Waals surface area contributed by atoms with Gasteiger partial charge in [-0.1, -0.05) is 36.4 Å². The number of piperazine rings is 1. The maximum absolute atomic E-state index is 13.3. The van der Waals surface area contributed by atoms with Crippen LogP contribution in [0.25, 0.3) is 0 Å². The van der Waals surface area contributed by atoms with Gasteiger partial charge < -0.3 is 34.1 Å². The SMILES string of the molecule is COCOc1c(OC)c(C)cc2c1[C@@H]1C3Cc4c(O)c(C)c5c(c4[C@H](CNC(=O)CCc4ccccc4)N3[C@@H](C#N)[C@H](C2)N1C)OCO5. The van der Waals surface area contributed by atoms with Crippen LogP contribution in [0.3, 0.4) is 0 Å². The first-order chi connectivity index (χ1) is 23.3. The van der Waals surface area contributed by atoms with Crippen molar-refractivity contribution in [2.75, 3.05) is 41.4 Å². The number of fused-ring (bicyclic) bond motifs is 9. The minimum Gasteiger partial charge on any atom is -0.507 e. The van der Waals surface area contributed by atoms with E-state index < -0.39 is 12.1 Å². The highest BCUT2D eigenvalue weighted by Gasteiger charge is 2.56. The van der Waals surface area contributed by atoms with Crippen molar-refractivity contribution in [1.29, 1.82) is 5.26 Å². The standard InChI is InChI=1S/C37H42N4O7/c1-20-13-23-14-25-27(16-38)41-26(32(40(25)3)30(23)36(34(20)45-5)46-18-44-4)15-24-31(37-35(47-19-48-37)21(2)33(24)43)28(41)17-39-29(42)12-11-22-9-7-6-8-10-22/h6-10,13,25-28,32,43H,11-12,14-15,17-19H2,1-5H3,(H,39,42)/t25-,26?,27-,28-,32-/m0/s1. The molecule has 4 aliphatic rings. The fourth-order valence-corrected chi connectivity index (χ4v) is 8.48.